The summed E-state index contributed by atoms with van der Waals surface area (Å²) in [5.74, 6) is -0.421. The molecule has 0 radical (unpaired) electrons. The van der Waals surface area contributed by atoms with E-state index in [9.17, 15) is 13.2 Å². The summed E-state index contributed by atoms with van der Waals surface area (Å²) < 4.78 is 31.9. The fourth-order valence-corrected chi connectivity index (χ4v) is 2.78. The van der Waals surface area contributed by atoms with Crippen molar-refractivity contribution in [2.24, 2.45) is 0 Å². The molecule has 0 atom stereocenters. The minimum absolute atomic E-state index is 0.115. The molecule has 0 aliphatic carbocycles. The van der Waals surface area contributed by atoms with Crippen molar-refractivity contribution in [2.75, 3.05) is 11.8 Å². The summed E-state index contributed by atoms with van der Waals surface area (Å²) in [7, 11) is -2.46. The number of methoxy groups -OCH3 is 1. The molecule has 21 heavy (non-hydrogen) atoms. The molecule has 1 aromatic carbocycles. The number of aromatic nitrogens is 1. The molecule has 110 valence electrons. The van der Waals surface area contributed by atoms with E-state index >= 15 is 0 Å². The maximum Gasteiger partial charge on any atom is 0.339 e. The van der Waals surface area contributed by atoms with Crippen molar-refractivity contribution in [2.45, 2.75) is 4.90 Å². The Labute approximate surface area is 130 Å². The van der Waals surface area contributed by atoms with E-state index in [1.165, 1.54) is 37.6 Å². The van der Waals surface area contributed by atoms with Gasteiger partial charge in [-0.3, -0.25) is 4.72 Å². The second-order valence-corrected chi connectivity index (χ2v) is 6.58. The van der Waals surface area contributed by atoms with Crippen LogP contribution in [-0.2, 0) is 14.8 Å². The fraction of sp³-hybridized carbons (Fsp3) is 0.0769. The van der Waals surface area contributed by atoms with Gasteiger partial charge >= 0.3 is 5.97 Å². The van der Waals surface area contributed by atoms with E-state index in [1.807, 2.05) is 0 Å². The summed E-state index contributed by atoms with van der Waals surface area (Å²) in [6.07, 6.45) is 1.24. The smallest absolute Gasteiger partial charge is 0.339 e. The highest BCUT2D eigenvalue weighted by atomic mass is 79.9. The van der Waals surface area contributed by atoms with Crippen LogP contribution in [0.4, 0.5) is 5.82 Å². The largest absolute Gasteiger partial charge is 0.465 e. The molecule has 2 rings (SSSR count). The molecule has 0 amide bonds. The van der Waals surface area contributed by atoms with Gasteiger partial charge in [0.25, 0.3) is 10.0 Å². The first kappa shape index (κ1) is 15.5. The zero-order valence-corrected chi connectivity index (χ0v) is 13.3. The quantitative estimate of drug-likeness (QED) is 0.835. The first-order valence-corrected chi connectivity index (χ1v) is 8.03. The number of carbonyl (C=O) groups excluding carboxylic acids is 1. The van der Waals surface area contributed by atoms with Crippen LogP contribution in [0.5, 0.6) is 0 Å². The van der Waals surface area contributed by atoms with Crippen LogP contribution in [0.25, 0.3) is 0 Å². The summed E-state index contributed by atoms with van der Waals surface area (Å²) in [5.41, 5.74) is 0.240. The van der Waals surface area contributed by atoms with E-state index in [4.69, 9.17) is 0 Å². The van der Waals surface area contributed by atoms with E-state index in [1.54, 1.807) is 12.1 Å². The van der Waals surface area contributed by atoms with Gasteiger partial charge in [0.05, 0.1) is 17.6 Å². The normalized spacial score (nSPS) is 11.0. The number of carbonyl (C=O) groups is 1. The zero-order chi connectivity index (χ0) is 15.5. The third kappa shape index (κ3) is 3.79. The number of esters is 1. The first-order chi connectivity index (χ1) is 9.92. The third-order valence-electron chi connectivity index (χ3n) is 2.55. The van der Waals surface area contributed by atoms with Gasteiger partial charge in [0.15, 0.2) is 0 Å². The molecule has 1 aromatic heterocycles. The lowest BCUT2D eigenvalue weighted by Gasteiger charge is -2.07. The molecule has 0 bridgehead atoms. The van der Waals surface area contributed by atoms with Crippen LogP contribution in [0.15, 0.2) is 52.0 Å². The van der Waals surface area contributed by atoms with Crippen LogP contribution in [0, 0.1) is 0 Å². The number of sulfonamides is 1. The number of anilines is 1. The molecule has 0 saturated heterocycles. The minimum atomic E-state index is -3.72. The molecule has 0 spiro atoms. The summed E-state index contributed by atoms with van der Waals surface area (Å²) in [5, 5.41) is 0. The molecular weight excluding hydrogens is 360 g/mol. The van der Waals surface area contributed by atoms with E-state index in [2.05, 4.69) is 30.4 Å². The Hall–Kier alpha value is -1.93. The molecule has 1 heterocycles. The Bertz CT molecular complexity index is 743. The van der Waals surface area contributed by atoms with Crippen molar-refractivity contribution >= 4 is 37.7 Å². The standard InChI is InChI=1S/C13H11BrN2O4S/c1-20-13(17)9-2-7-12(15-8-9)16-21(18,19)11-5-3-10(14)4-6-11/h2-8H,1H3,(H,15,16). The predicted molar refractivity (Wildman–Crippen MR) is 80.5 cm³/mol. The lowest BCUT2D eigenvalue weighted by atomic mass is 10.3. The van der Waals surface area contributed by atoms with Gasteiger partial charge in [0, 0.05) is 10.7 Å². The fourth-order valence-electron chi connectivity index (χ4n) is 1.50. The Balaban J connectivity index is 2.20. The Morgan fingerprint density at radius 1 is 1.19 bits per heavy atom. The molecule has 0 aliphatic rings. The van der Waals surface area contributed by atoms with E-state index in [0.29, 0.717) is 0 Å². The van der Waals surface area contributed by atoms with Crippen molar-refractivity contribution in [3.05, 3.63) is 52.6 Å². The molecular formula is C13H11BrN2O4S. The summed E-state index contributed by atoms with van der Waals surface area (Å²) in [4.78, 5) is 15.2. The van der Waals surface area contributed by atoms with Gasteiger partial charge in [-0.25, -0.2) is 18.2 Å². The number of hydrogen-bond acceptors (Lipinski definition) is 5. The first-order valence-electron chi connectivity index (χ1n) is 5.75. The van der Waals surface area contributed by atoms with Gasteiger partial charge in [-0.15, -0.1) is 0 Å². The van der Waals surface area contributed by atoms with Gasteiger partial charge in [-0.1, -0.05) is 15.9 Å². The van der Waals surface area contributed by atoms with Crippen LogP contribution in [0.2, 0.25) is 0 Å². The average molecular weight is 371 g/mol. The third-order valence-corrected chi connectivity index (χ3v) is 4.45. The van der Waals surface area contributed by atoms with Crippen LogP contribution >= 0.6 is 15.9 Å². The molecule has 0 aliphatic heterocycles. The number of nitrogens with one attached hydrogen (secondary N) is 1. The van der Waals surface area contributed by atoms with Crippen molar-refractivity contribution in [3.63, 3.8) is 0 Å². The highest BCUT2D eigenvalue weighted by Crippen LogP contribution is 2.17. The summed E-state index contributed by atoms with van der Waals surface area (Å²) >= 11 is 3.24. The molecule has 0 saturated carbocycles. The Kier molecular flexibility index (Phi) is 4.59. The number of ether oxygens (including phenoxy) is 1. The van der Waals surface area contributed by atoms with E-state index < -0.39 is 16.0 Å². The maximum absolute atomic E-state index is 12.1. The van der Waals surface area contributed by atoms with E-state index in [-0.39, 0.29) is 16.3 Å². The minimum Gasteiger partial charge on any atom is -0.465 e. The maximum atomic E-state index is 12.1. The average Bonchev–Trinajstić information content (AvgIpc) is 2.47. The molecule has 0 fully saturated rings. The number of hydrogen-bond donors (Lipinski definition) is 1. The van der Waals surface area contributed by atoms with Crippen LogP contribution in [0.1, 0.15) is 10.4 Å². The lowest BCUT2D eigenvalue weighted by molar-refractivity contribution is 0.0600. The second kappa shape index (κ2) is 6.23. The van der Waals surface area contributed by atoms with Gasteiger partial charge in [0.2, 0.25) is 0 Å². The zero-order valence-electron chi connectivity index (χ0n) is 10.9. The predicted octanol–water partition coefficient (Wildman–Crippen LogP) is 2.43. The van der Waals surface area contributed by atoms with Gasteiger partial charge in [-0.2, -0.15) is 0 Å². The van der Waals surface area contributed by atoms with Crippen molar-refractivity contribution < 1.29 is 17.9 Å². The SMILES string of the molecule is COC(=O)c1ccc(NS(=O)(=O)c2ccc(Br)cc2)nc1. The monoisotopic (exact) mass is 370 g/mol. The van der Waals surface area contributed by atoms with Gasteiger partial charge in [0.1, 0.15) is 5.82 Å². The number of benzene rings is 1. The number of halogens is 1. The molecule has 6 nitrogen and oxygen atoms in total. The van der Waals surface area contributed by atoms with Crippen LogP contribution in [0.3, 0.4) is 0 Å². The topological polar surface area (TPSA) is 85.4 Å². The lowest BCUT2D eigenvalue weighted by Crippen LogP contribution is -2.14. The van der Waals surface area contributed by atoms with Crippen molar-refractivity contribution in [1.29, 1.82) is 0 Å². The number of nitrogens with zero attached hydrogens (tertiary/aromatic N) is 1. The summed E-state index contributed by atoms with van der Waals surface area (Å²) in [6, 6.07) is 9.01. The molecule has 1 N–H and O–H groups in total. The van der Waals surface area contributed by atoms with Gasteiger partial charge < -0.3 is 4.74 Å². The number of pyridine rings is 1. The second-order valence-electron chi connectivity index (χ2n) is 3.98. The highest BCUT2D eigenvalue weighted by Gasteiger charge is 2.15. The Morgan fingerprint density at radius 3 is 2.38 bits per heavy atom. The molecule has 2 aromatic rings. The molecule has 8 heteroatoms. The van der Waals surface area contributed by atoms with Crippen molar-refractivity contribution in [3.8, 4) is 0 Å². The molecule has 0 unspecified atom stereocenters. The summed E-state index contributed by atoms with van der Waals surface area (Å²) in [6.45, 7) is 0. The van der Waals surface area contributed by atoms with Crippen molar-refractivity contribution in [1.82, 2.24) is 4.98 Å². The van der Waals surface area contributed by atoms with E-state index in [0.717, 1.165) is 4.47 Å². The van der Waals surface area contributed by atoms with Crippen LogP contribution < -0.4 is 4.72 Å². The number of rotatable bonds is 4. The van der Waals surface area contributed by atoms with Gasteiger partial charge in [-0.05, 0) is 36.4 Å². The Morgan fingerprint density at radius 2 is 1.86 bits per heavy atom. The highest BCUT2D eigenvalue weighted by molar-refractivity contribution is 9.10. The van der Waals surface area contributed by atoms with Crippen LogP contribution in [-0.4, -0.2) is 26.5 Å².